The maximum Gasteiger partial charge on any atom is 0.237 e. The molecule has 0 rings (SSSR count). The van der Waals surface area contributed by atoms with Crippen LogP contribution in [0.2, 0.25) is 0 Å². The number of nitrogens with two attached hydrogens (primary N) is 2. The van der Waals surface area contributed by atoms with Crippen molar-refractivity contribution in [2.24, 2.45) is 17.4 Å². The molecule has 0 spiro atoms. The zero-order valence-electron chi connectivity index (χ0n) is 9.03. The maximum absolute atomic E-state index is 11.8. The molecule has 0 fully saturated rings. The summed E-state index contributed by atoms with van der Waals surface area (Å²) in [6, 6.07) is 0. The van der Waals surface area contributed by atoms with Crippen molar-refractivity contribution in [3.05, 3.63) is 0 Å². The highest BCUT2D eigenvalue weighted by atomic mass is 32.1. The van der Waals surface area contributed by atoms with Gasteiger partial charge in [0, 0.05) is 7.05 Å². The molecule has 0 aromatic carbocycles. The Morgan fingerprint density at radius 3 is 2.27 bits per heavy atom. The fourth-order valence-electron chi connectivity index (χ4n) is 1.25. The van der Waals surface area contributed by atoms with Gasteiger partial charge in [-0.1, -0.05) is 25.6 Å². The Balaban J connectivity index is 4.48. The van der Waals surface area contributed by atoms with Crippen LogP contribution >= 0.6 is 12.2 Å². The van der Waals surface area contributed by atoms with E-state index in [-0.39, 0.29) is 17.4 Å². The van der Waals surface area contributed by atoms with Crippen molar-refractivity contribution in [1.82, 2.24) is 4.90 Å². The average Bonchev–Trinajstić information content (AvgIpc) is 2.11. The molecule has 0 radical (unpaired) electrons. The number of hydrogen-bond donors (Lipinski definition) is 2. The third-order valence-electron chi connectivity index (χ3n) is 1.99. The van der Waals surface area contributed by atoms with Crippen LogP contribution in [0.1, 0.15) is 19.8 Å². The molecule has 0 heterocycles. The SMILES string of the molecule is CCCC(C(=O)N(C)CC(N)=O)C(N)=S. The molecular formula is C9H17N3O2S. The molecule has 2 amide bonds. The van der Waals surface area contributed by atoms with E-state index < -0.39 is 11.8 Å². The van der Waals surface area contributed by atoms with E-state index in [4.69, 9.17) is 23.7 Å². The first-order chi connectivity index (χ1) is 6.90. The summed E-state index contributed by atoms with van der Waals surface area (Å²) in [7, 11) is 1.51. The second-order valence-electron chi connectivity index (χ2n) is 3.40. The van der Waals surface area contributed by atoms with Crippen molar-refractivity contribution in [3.8, 4) is 0 Å². The molecule has 86 valence electrons. The van der Waals surface area contributed by atoms with Crippen molar-refractivity contribution in [1.29, 1.82) is 0 Å². The van der Waals surface area contributed by atoms with Gasteiger partial charge in [0.05, 0.1) is 17.5 Å². The van der Waals surface area contributed by atoms with Gasteiger partial charge in [-0.05, 0) is 6.42 Å². The highest BCUT2D eigenvalue weighted by molar-refractivity contribution is 7.80. The minimum atomic E-state index is -0.552. The van der Waals surface area contributed by atoms with Gasteiger partial charge >= 0.3 is 0 Å². The third-order valence-corrected chi connectivity index (χ3v) is 2.27. The molecule has 5 nitrogen and oxygen atoms in total. The van der Waals surface area contributed by atoms with E-state index >= 15 is 0 Å². The smallest absolute Gasteiger partial charge is 0.237 e. The first-order valence-corrected chi connectivity index (χ1v) is 5.13. The molecule has 0 aromatic rings. The molecule has 0 aliphatic rings. The normalized spacial score (nSPS) is 11.9. The van der Waals surface area contributed by atoms with Gasteiger partial charge in [0.15, 0.2) is 0 Å². The van der Waals surface area contributed by atoms with Crippen LogP contribution < -0.4 is 11.5 Å². The third kappa shape index (κ3) is 4.73. The Hall–Kier alpha value is -1.17. The lowest BCUT2D eigenvalue weighted by Gasteiger charge is -2.21. The van der Waals surface area contributed by atoms with Crippen LogP contribution in [-0.4, -0.2) is 35.3 Å². The zero-order valence-corrected chi connectivity index (χ0v) is 9.84. The van der Waals surface area contributed by atoms with Crippen LogP contribution in [0, 0.1) is 5.92 Å². The van der Waals surface area contributed by atoms with Crippen molar-refractivity contribution in [3.63, 3.8) is 0 Å². The summed E-state index contributed by atoms with van der Waals surface area (Å²) in [5.41, 5.74) is 10.4. The summed E-state index contributed by atoms with van der Waals surface area (Å²) in [6.07, 6.45) is 1.40. The van der Waals surface area contributed by atoms with E-state index in [1.54, 1.807) is 0 Å². The van der Waals surface area contributed by atoms with E-state index in [1.807, 2.05) is 6.92 Å². The van der Waals surface area contributed by atoms with Crippen molar-refractivity contribution in [2.45, 2.75) is 19.8 Å². The van der Waals surface area contributed by atoms with Crippen molar-refractivity contribution in [2.75, 3.05) is 13.6 Å². The molecule has 0 aromatic heterocycles. The van der Waals surface area contributed by atoms with E-state index in [0.29, 0.717) is 6.42 Å². The molecule has 4 N–H and O–H groups in total. The highest BCUT2D eigenvalue weighted by Crippen LogP contribution is 2.10. The van der Waals surface area contributed by atoms with Crippen molar-refractivity contribution < 1.29 is 9.59 Å². The van der Waals surface area contributed by atoms with Gasteiger partial charge in [-0.15, -0.1) is 0 Å². The number of amides is 2. The lowest BCUT2D eigenvalue weighted by Crippen LogP contribution is -2.42. The molecule has 1 unspecified atom stereocenters. The van der Waals surface area contributed by atoms with Gasteiger partial charge in [0.25, 0.3) is 0 Å². The largest absolute Gasteiger partial charge is 0.393 e. The predicted octanol–water partition coefficient (Wildman–Crippen LogP) is -0.367. The minimum Gasteiger partial charge on any atom is -0.393 e. The van der Waals surface area contributed by atoms with Gasteiger partial charge in [-0.2, -0.15) is 0 Å². The zero-order chi connectivity index (χ0) is 12.0. The Morgan fingerprint density at radius 1 is 1.40 bits per heavy atom. The van der Waals surface area contributed by atoms with Gasteiger partial charge in [0.2, 0.25) is 11.8 Å². The minimum absolute atomic E-state index is 0.109. The van der Waals surface area contributed by atoms with E-state index in [2.05, 4.69) is 0 Å². The van der Waals surface area contributed by atoms with Gasteiger partial charge in [-0.25, -0.2) is 0 Å². The van der Waals surface area contributed by atoms with E-state index in [1.165, 1.54) is 11.9 Å². The van der Waals surface area contributed by atoms with Crippen LogP contribution in [0.4, 0.5) is 0 Å². The van der Waals surface area contributed by atoms with Gasteiger partial charge < -0.3 is 16.4 Å². The average molecular weight is 231 g/mol. The molecule has 0 aliphatic heterocycles. The van der Waals surface area contributed by atoms with Crippen LogP contribution in [0.25, 0.3) is 0 Å². The first-order valence-electron chi connectivity index (χ1n) is 4.72. The quantitative estimate of drug-likeness (QED) is 0.610. The summed E-state index contributed by atoms with van der Waals surface area (Å²) in [4.78, 5) is 23.8. The van der Waals surface area contributed by atoms with E-state index in [9.17, 15) is 9.59 Å². The van der Waals surface area contributed by atoms with Crippen LogP contribution in [0.3, 0.4) is 0 Å². The Kier molecular flexibility index (Phi) is 5.84. The standard InChI is InChI=1S/C9H17N3O2S/c1-3-4-6(8(11)15)9(14)12(2)5-7(10)13/h6H,3-5H2,1-2H3,(H2,10,13)(H2,11,15). The second kappa shape index (κ2) is 6.34. The molecule has 0 bridgehead atoms. The monoisotopic (exact) mass is 231 g/mol. The van der Waals surface area contributed by atoms with Gasteiger partial charge in [0.1, 0.15) is 0 Å². The number of rotatable bonds is 6. The lowest BCUT2D eigenvalue weighted by atomic mass is 10.0. The van der Waals surface area contributed by atoms with Crippen LogP contribution in [0.5, 0.6) is 0 Å². The molecule has 0 aliphatic carbocycles. The van der Waals surface area contributed by atoms with Gasteiger partial charge in [-0.3, -0.25) is 9.59 Å². The summed E-state index contributed by atoms with van der Waals surface area (Å²) in [5, 5.41) is 0. The number of nitrogens with zero attached hydrogens (tertiary/aromatic N) is 1. The fraction of sp³-hybridized carbons (Fsp3) is 0.667. The number of carbonyl (C=O) groups is 2. The molecule has 0 saturated carbocycles. The number of carbonyl (C=O) groups excluding carboxylic acids is 2. The van der Waals surface area contributed by atoms with Crippen molar-refractivity contribution >= 4 is 29.0 Å². The molecule has 6 heteroatoms. The predicted molar refractivity (Wildman–Crippen MR) is 62.0 cm³/mol. The topological polar surface area (TPSA) is 89.4 Å². The summed E-state index contributed by atoms with van der Waals surface area (Å²) in [5.74, 6) is -1.29. The Labute approximate surface area is 94.8 Å². The number of likely N-dealkylation sites (N-methyl/N-ethyl adjacent to an activating group) is 1. The first kappa shape index (κ1) is 13.8. The molecule has 1 atom stereocenters. The van der Waals surface area contributed by atoms with Crippen LogP contribution in [-0.2, 0) is 9.59 Å². The summed E-state index contributed by atoms with van der Waals surface area (Å²) < 4.78 is 0. The van der Waals surface area contributed by atoms with E-state index in [0.717, 1.165) is 6.42 Å². The maximum atomic E-state index is 11.8. The molecular weight excluding hydrogens is 214 g/mol. The number of hydrogen-bond acceptors (Lipinski definition) is 3. The van der Waals surface area contributed by atoms with Crippen LogP contribution in [0.15, 0.2) is 0 Å². The number of thiocarbonyl (C=S) groups is 1. The number of primary amides is 1. The molecule has 0 saturated heterocycles. The Bertz CT molecular complexity index is 268. The lowest BCUT2D eigenvalue weighted by molar-refractivity contribution is -0.135. The summed E-state index contributed by atoms with van der Waals surface area (Å²) in [6.45, 7) is 1.83. The molecule has 15 heavy (non-hydrogen) atoms. The highest BCUT2D eigenvalue weighted by Gasteiger charge is 2.24. The summed E-state index contributed by atoms with van der Waals surface area (Å²) >= 11 is 4.81. The second-order valence-corrected chi connectivity index (χ2v) is 3.88. The fourth-order valence-corrected chi connectivity index (χ4v) is 1.47. The Morgan fingerprint density at radius 2 is 1.93 bits per heavy atom.